The number of hydrogen-bond acceptors (Lipinski definition) is 1. The Kier molecular flexibility index (Phi) is 8.66. The van der Waals surface area contributed by atoms with Crippen molar-refractivity contribution >= 4 is 17.6 Å². The topological polar surface area (TPSA) is 17.8 Å². The van der Waals surface area contributed by atoms with Crippen LogP contribution >= 0.6 is 0 Å². The van der Waals surface area contributed by atoms with Crippen molar-refractivity contribution in [3.8, 4) is 0 Å². The van der Waals surface area contributed by atoms with Crippen LogP contribution in [0.2, 0.25) is 6.32 Å². The summed E-state index contributed by atoms with van der Waals surface area (Å²) in [5.74, 6) is 1.10. The van der Waals surface area contributed by atoms with Crippen molar-refractivity contribution in [2.45, 2.75) is 32.0 Å². The van der Waals surface area contributed by atoms with Gasteiger partial charge in [0.2, 0.25) is 6.71 Å². The zero-order valence-electron chi connectivity index (χ0n) is 19.8. The summed E-state index contributed by atoms with van der Waals surface area (Å²) in [6.07, 6.45) is -3.87. The van der Waals surface area contributed by atoms with E-state index in [-0.39, 0.29) is 0 Å². The molecule has 0 saturated heterocycles. The summed E-state index contributed by atoms with van der Waals surface area (Å²) in [6, 6.07) is 19.8. The van der Waals surface area contributed by atoms with E-state index in [4.69, 9.17) is 0 Å². The Balaban J connectivity index is 0.000000233. The molecule has 2 nitrogen and oxygen atoms in total. The molecule has 0 aliphatic rings. The minimum absolute atomic E-state index is 0.349. The number of imidazole rings is 1. The first kappa shape index (κ1) is 27.1. The van der Waals surface area contributed by atoms with E-state index in [9.17, 15) is 26.3 Å². The molecule has 1 heterocycles. The summed E-state index contributed by atoms with van der Waals surface area (Å²) in [4.78, 5) is 4.27. The summed E-state index contributed by atoms with van der Waals surface area (Å²) in [5, 5.41) is 0. The quantitative estimate of drug-likeness (QED) is 0.229. The summed E-state index contributed by atoms with van der Waals surface area (Å²) < 4.78 is 78.9. The van der Waals surface area contributed by atoms with Crippen LogP contribution in [-0.4, -0.2) is 16.3 Å². The lowest BCUT2D eigenvalue weighted by Crippen LogP contribution is -2.42. The highest BCUT2D eigenvalue weighted by Crippen LogP contribution is 2.29. The van der Waals surface area contributed by atoms with Crippen LogP contribution in [0.3, 0.4) is 0 Å². The maximum Gasteiger partial charge on any atom is 0.416 e. The molecule has 4 aromatic rings. The average Bonchev–Trinajstić information content (AvgIpc) is 3.24. The smallest absolute Gasteiger partial charge is 0.338 e. The van der Waals surface area contributed by atoms with E-state index in [0.717, 1.165) is 36.5 Å². The largest absolute Gasteiger partial charge is 0.416 e. The number of halogens is 6. The lowest BCUT2D eigenvalue weighted by Gasteiger charge is -2.16. The second-order valence-corrected chi connectivity index (χ2v) is 8.32. The van der Waals surface area contributed by atoms with E-state index in [1.165, 1.54) is 29.8 Å². The van der Waals surface area contributed by atoms with Crippen LogP contribution in [0.25, 0.3) is 0 Å². The molecule has 1 aromatic heterocycles. The van der Waals surface area contributed by atoms with E-state index in [1.807, 2.05) is 30.1 Å². The van der Waals surface area contributed by atoms with Gasteiger partial charge in [-0.1, -0.05) is 103 Å². The predicted molar refractivity (Wildman–Crippen MR) is 131 cm³/mol. The first-order valence-electron chi connectivity index (χ1n) is 11.3. The predicted octanol–water partition coefficient (Wildman–Crippen LogP) is 6.36. The van der Waals surface area contributed by atoms with Crippen LogP contribution in [0.5, 0.6) is 0 Å². The zero-order valence-corrected chi connectivity index (χ0v) is 19.8. The lowest BCUT2D eigenvalue weighted by atomic mass is 9.39. The van der Waals surface area contributed by atoms with Crippen molar-refractivity contribution in [3.05, 3.63) is 114 Å². The molecule has 0 bridgehead atoms. The highest BCUT2D eigenvalue weighted by Gasteiger charge is 2.33. The van der Waals surface area contributed by atoms with Crippen LogP contribution in [0.15, 0.2) is 91.3 Å². The first-order valence-corrected chi connectivity index (χ1v) is 11.3. The van der Waals surface area contributed by atoms with Crippen LogP contribution in [-0.2, 0) is 25.8 Å². The molecule has 0 fully saturated rings. The Morgan fingerprint density at radius 3 is 1.69 bits per heavy atom. The van der Waals surface area contributed by atoms with Gasteiger partial charge in [0.1, 0.15) is 5.82 Å². The van der Waals surface area contributed by atoms with Gasteiger partial charge in [0.15, 0.2) is 0 Å². The van der Waals surface area contributed by atoms with E-state index < -0.39 is 30.2 Å². The number of hydrogen-bond donors (Lipinski definition) is 0. The molecular formula is C27H25BF6N2. The normalized spacial score (nSPS) is 11.6. The van der Waals surface area contributed by atoms with Gasteiger partial charge in [0.25, 0.3) is 0 Å². The second-order valence-electron chi connectivity index (χ2n) is 8.32. The Morgan fingerprint density at radius 1 is 0.750 bits per heavy atom. The third-order valence-electron chi connectivity index (χ3n) is 5.77. The third kappa shape index (κ3) is 7.26. The number of nitrogens with zero attached hydrogens (tertiary/aromatic N) is 2. The van der Waals surface area contributed by atoms with Crippen molar-refractivity contribution < 1.29 is 26.3 Å². The zero-order chi connectivity index (χ0) is 26.3. The molecule has 0 aliphatic heterocycles. The lowest BCUT2D eigenvalue weighted by molar-refractivity contribution is -0.138. The van der Waals surface area contributed by atoms with Gasteiger partial charge in [0, 0.05) is 25.9 Å². The molecule has 0 atom stereocenters. The van der Waals surface area contributed by atoms with Crippen LogP contribution in [0.4, 0.5) is 26.3 Å². The maximum absolute atomic E-state index is 12.8. The number of rotatable bonds is 5. The summed E-state index contributed by atoms with van der Waals surface area (Å²) in [6.45, 7) is 1.20. The molecule has 0 unspecified atom stereocenters. The SMILES string of the molecule is CCB(c1cccc(C(F)(F)F)c1)c1cccc(C(F)(F)F)c1.Cn1ccnc1Cc1ccccc1. The molecule has 188 valence electrons. The van der Waals surface area contributed by atoms with Crippen molar-refractivity contribution in [3.63, 3.8) is 0 Å². The summed E-state index contributed by atoms with van der Waals surface area (Å²) in [5.41, 5.74) is 0.390. The van der Waals surface area contributed by atoms with Crippen LogP contribution < -0.4 is 10.9 Å². The summed E-state index contributed by atoms with van der Waals surface area (Å²) >= 11 is 0. The highest BCUT2D eigenvalue weighted by atomic mass is 19.4. The Bertz CT molecular complexity index is 1190. The highest BCUT2D eigenvalue weighted by molar-refractivity contribution is 6.85. The molecule has 36 heavy (non-hydrogen) atoms. The molecule has 0 N–H and O–H groups in total. The standard InChI is InChI=1S/C16H13BF6.C11H12N2/c1-2-17(13-7-3-5-11(9-13)15(18,19)20)14-8-4-6-12(10-14)16(21,22)23;1-13-8-7-12-11(13)9-10-5-3-2-4-6-10/h3-10H,2H2,1H3;2-8H,9H2,1H3. The average molecular weight is 502 g/mol. The molecule has 0 spiro atoms. The Morgan fingerprint density at radius 2 is 1.28 bits per heavy atom. The first-order chi connectivity index (χ1) is 17.0. The third-order valence-corrected chi connectivity index (χ3v) is 5.77. The second kappa shape index (κ2) is 11.5. The van der Waals surface area contributed by atoms with E-state index in [2.05, 4.69) is 29.2 Å². The van der Waals surface area contributed by atoms with Crippen molar-refractivity contribution in [1.29, 1.82) is 0 Å². The minimum Gasteiger partial charge on any atom is -0.338 e. The van der Waals surface area contributed by atoms with E-state index >= 15 is 0 Å². The fourth-order valence-corrected chi connectivity index (χ4v) is 3.87. The van der Waals surface area contributed by atoms with Crippen molar-refractivity contribution in [2.75, 3.05) is 0 Å². The van der Waals surface area contributed by atoms with Gasteiger partial charge in [-0.2, -0.15) is 26.3 Å². The van der Waals surface area contributed by atoms with Gasteiger partial charge < -0.3 is 4.57 Å². The molecule has 0 radical (unpaired) electrons. The van der Waals surface area contributed by atoms with Gasteiger partial charge in [-0.05, 0) is 5.56 Å². The molecule has 0 saturated carbocycles. The molecule has 0 amide bonds. The van der Waals surface area contributed by atoms with Gasteiger partial charge >= 0.3 is 12.4 Å². The van der Waals surface area contributed by atoms with Gasteiger partial charge in [0.05, 0.1) is 11.1 Å². The fourth-order valence-electron chi connectivity index (χ4n) is 3.87. The van der Waals surface area contributed by atoms with E-state index in [1.54, 1.807) is 6.92 Å². The number of alkyl halides is 6. The molecule has 3 aromatic carbocycles. The van der Waals surface area contributed by atoms with E-state index in [0.29, 0.717) is 17.2 Å². The number of benzene rings is 3. The minimum atomic E-state index is -4.48. The number of aromatic nitrogens is 2. The maximum atomic E-state index is 12.8. The molecular weight excluding hydrogens is 477 g/mol. The fraction of sp³-hybridized carbons (Fsp3) is 0.222. The van der Waals surface area contributed by atoms with Gasteiger partial charge in [-0.3, -0.25) is 0 Å². The molecule has 0 aliphatic carbocycles. The van der Waals surface area contributed by atoms with Crippen molar-refractivity contribution in [2.24, 2.45) is 7.05 Å². The van der Waals surface area contributed by atoms with Gasteiger partial charge in [-0.25, -0.2) is 4.98 Å². The van der Waals surface area contributed by atoms with Crippen LogP contribution in [0, 0.1) is 0 Å². The van der Waals surface area contributed by atoms with Gasteiger partial charge in [-0.15, -0.1) is 0 Å². The number of aryl methyl sites for hydroxylation is 1. The molecule has 4 rings (SSSR count). The van der Waals surface area contributed by atoms with Crippen LogP contribution in [0.1, 0.15) is 29.4 Å². The monoisotopic (exact) mass is 502 g/mol. The Hall–Kier alpha value is -3.49. The molecule has 9 heteroatoms. The summed E-state index contributed by atoms with van der Waals surface area (Å²) in [7, 11) is 2.02. The Labute approximate surface area is 206 Å². The van der Waals surface area contributed by atoms with Crippen molar-refractivity contribution in [1.82, 2.24) is 9.55 Å².